The summed E-state index contributed by atoms with van der Waals surface area (Å²) in [7, 11) is 2.12. The molecule has 0 amide bonds. The predicted molar refractivity (Wildman–Crippen MR) is 163 cm³/mol. The van der Waals surface area contributed by atoms with Crippen molar-refractivity contribution in [2.75, 3.05) is 21.3 Å². The van der Waals surface area contributed by atoms with Gasteiger partial charge in [0, 0.05) is 40.6 Å². The maximum atomic E-state index is 11.1. The van der Waals surface area contributed by atoms with E-state index >= 15 is 0 Å². The van der Waals surface area contributed by atoms with Crippen LogP contribution in [0.5, 0.6) is 0 Å². The minimum atomic E-state index is -2.89. The Morgan fingerprint density at radius 3 is 2.05 bits per heavy atom. The zero-order chi connectivity index (χ0) is 29.2. The van der Waals surface area contributed by atoms with Crippen LogP contribution < -0.4 is 10.4 Å². The molecule has 1 aliphatic heterocycles. The van der Waals surface area contributed by atoms with Gasteiger partial charge in [-0.1, -0.05) is 105 Å². The number of allylic oxidation sites excluding steroid dienone is 2. The first-order chi connectivity index (χ1) is 19.2. The number of hydrogen-bond donors (Lipinski definition) is 0. The molecule has 1 heterocycles. The number of benzene rings is 2. The fourth-order valence-corrected chi connectivity index (χ4v) is 10.1. The fourth-order valence-electron chi connectivity index (χ4n) is 5.47. The van der Waals surface area contributed by atoms with Crippen LogP contribution in [0, 0.1) is 0 Å². The van der Waals surface area contributed by atoms with Crippen LogP contribution in [-0.2, 0) is 28.2 Å². The summed E-state index contributed by atoms with van der Waals surface area (Å²) in [6, 6.07) is 21.2. The van der Waals surface area contributed by atoms with Crippen molar-refractivity contribution in [1.29, 1.82) is 0 Å². The molecular weight excluding hydrogens is 520 g/mol. The lowest BCUT2D eigenvalue weighted by molar-refractivity contribution is -0.220. The number of carbonyl (C=O) groups is 1. The van der Waals surface area contributed by atoms with Crippen LogP contribution in [-0.4, -0.2) is 66.6 Å². The van der Waals surface area contributed by atoms with Gasteiger partial charge in [0.15, 0.2) is 6.29 Å². The zero-order valence-electron chi connectivity index (χ0n) is 25.0. The fraction of sp³-hybridized carbons (Fsp3) is 0.485. The first-order valence-electron chi connectivity index (χ1n) is 14.0. The Kier molecular flexibility index (Phi) is 12.1. The molecule has 5 atom stereocenters. The van der Waals surface area contributed by atoms with Gasteiger partial charge in [-0.2, -0.15) is 0 Å². The summed E-state index contributed by atoms with van der Waals surface area (Å²) in [5.74, 6) is 0. The molecule has 6 nitrogen and oxygen atoms in total. The van der Waals surface area contributed by atoms with Crippen molar-refractivity contribution in [1.82, 2.24) is 0 Å². The highest BCUT2D eigenvalue weighted by atomic mass is 28.4. The van der Waals surface area contributed by atoms with Gasteiger partial charge < -0.3 is 28.2 Å². The standard InChI is InChI=1S/C33H46O6Si/c1-25(18-19-26(35-5)20-21-34)22-31(30-23-27(36-6)24-32(37-7)38-30)39-40(33(2,3)4,28-14-10-8-11-15-28)29-16-12-9-13-17-29/h8-19,21-22,26-27,30-32H,20,23-24H2,1-7H3/b19-18+,25-22+/t26-,27+,30+,31+,32+/m0/s1. The van der Waals surface area contributed by atoms with E-state index in [-0.39, 0.29) is 29.6 Å². The lowest BCUT2D eigenvalue weighted by Gasteiger charge is -2.47. The van der Waals surface area contributed by atoms with Crippen LogP contribution in [0.25, 0.3) is 0 Å². The second kappa shape index (κ2) is 15.0. The first-order valence-corrected chi connectivity index (χ1v) is 15.9. The Morgan fingerprint density at radius 1 is 0.975 bits per heavy atom. The van der Waals surface area contributed by atoms with E-state index in [1.54, 1.807) is 21.3 Å². The van der Waals surface area contributed by atoms with Crippen LogP contribution >= 0.6 is 0 Å². The molecular formula is C33H46O6Si. The minimum Gasteiger partial charge on any atom is -0.398 e. The minimum absolute atomic E-state index is 0.0105. The highest BCUT2D eigenvalue weighted by molar-refractivity contribution is 6.99. The number of rotatable bonds is 13. The van der Waals surface area contributed by atoms with Crippen molar-refractivity contribution in [3.8, 4) is 0 Å². The van der Waals surface area contributed by atoms with Crippen LogP contribution in [0.15, 0.2) is 84.5 Å². The molecule has 0 unspecified atom stereocenters. The van der Waals surface area contributed by atoms with Gasteiger partial charge in [-0.3, -0.25) is 0 Å². The van der Waals surface area contributed by atoms with E-state index in [4.69, 9.17) is 23.4 Å². The highest BCUT2D eigenvalue weighted by Crippen LogP contribution is 2.39. The SMILES string of the molecule is CO[C@H]1C[C@H](OC)O[C@@H]([C@@H](/C=C(C)/C=C/[C@@H](CC=O)OC)O[Si](c2ccccc2)(c2ccccc2)C(C)(C)C)C1. The molecule has 2 aromatic carbocycles. The number of methoxy groups -OCH3 is 3. The Labute approximate surface area is 241 Å². The average Bonchev–Trinajstić information content (AvgIpc) is 2.97. The molecule has 40 heavy (non-hydrogen) atoms. The number of ether oxygens (including phenoxy) is 4. The van der Waals surface area contributed by atoms with E-state index in [1.165, 1.54) is 10.4 Å². The molecule has 0 bridgehead atoms. The normalized spacial score (nSPS) is 22.3. The van der Waals surface area contributed by atoms with Gasteiger partial charge in [-0.05, 0) is 22.3 Å². The van der Waals surface area contributed by atoms with E-state index in [9.17, 15) is 4.79 Å². The molecule has 218 valence electrons. The molecule has 1 saturated heterocycles. The van der Waals surface area contributed by atoms with Crippen molar-refractivity contribution < 1.29 is 28.2 Å². The summed E-state index contributed by atoms with van der Waals surface area (Å²) < 4.78 is 31.0. The molecule has 1 fully saturated rings. The Bertz CT molecular complexity index is 1040. The zero-order valence-corrected chi connectivity index (χ0v) is 26.0. The third-order valence-corrected chi connectivity index (χ3v) is 12.6. The number of hydrogen-bond acceptors (Lipinski definition) is 6. The molecule has 2 aromatic rings. The van der Waals surface area contributed by atoms with Crippen molar-refractivity contribution in [2.45, 2.75) is 82.7 Å². The molecule has 1 aliphatic rings. The summed E-state index contributed by atoms with van der Waals surface area (Å²) in [4.78, 5) is 11.1. The topological polar surface area (TPSA) is 63.2 Å². The van der Waals surface area contributed by atoms with Crippen molar-refractivity contribution in [3.63, 3.8) is 0 Å². The van der Waals surface area contributed by atoms with Crippen molar-refractivity contribution in [2.24, 2.45) is 0 Å². The van der Waals surface area contributed by atoms with E-state index in [0.717, 1.165) is 11.9 Å². The molecule has 0 spiro atoms. The maximum absolute atomic E-state index is 11.1. The molecule has 0 aromatic heterocycles. The van der Waals surface area contributed by atoms with Crippen LogP contribution in [0.4, 0.5) is 0 Å². The third-order valence-electron chi connectivity index (χ3n) is 7.60. The highest BCUT2D eigenvalue weighted by Gasteiger charge is 2.52. The lowest BCUT2D eigenvalue weighted by atomic mass is 9.99. The van der Waals surface area contributed by atoms with Gasteiger partial charge in [-0.25, -0.2) is 0 Å². The second-order valence-electron chi connectivity index (χ2n) is 11.4. The van der Waals surface area contributed by atoms with Gasteiger partial charge in [0.05, 0.1) is 24.4 Å². The molecule has 0 saturated carbocycles. The van der Waals surface area contributed by atoms with Crippen molar-refractivity contribution >= 4 is 25.0 Å². The monoisotopic (exact) mass is 566 g/mol. The Hall–Kier alpha value is -2.39. The Morgan fingerprint density at radius 2 is 1.57 bits per heavy atom. The molecule has 0 radical (unpaired) electrons. The summed E-state index contributed by atoms with van der Waals surface area (Å²) in [6.45, 7) is 8.85. The lowest BCUT2D eigenvalue weighted by Crippen LogP contribution is -2.68. The van der Waals surface area contributed by atoms with Gasteiger partial charge in [-0.15, -0.1) is 0 Å². The average molecular weight is 567 g/mol. The molecule has 7 heteroatoms. The summed E-state index contributed by atoms with van der Waals surface area (Å²) in [6.07, 6.45) is 7.21. The van der Waals surface area contributed by atoms with E-state index in [0.29, 0.717) is 19.3 Å². The molecule has 0 aliphatic carbocycles. The van der Waals surface area contributed by atoms with E-state index in [1.807, 2.05) is 31.2 Å². The van der Waals surface area contributed by atoms with E-state index in [2.05, 4.69) is 75.4 Å². The number of aldehydes is 1. The predicted octanol–water partition coefficient (Wildman–Crippen LogP) is 5.20. The molecule has 0 N–H and O–H groups in total. The summed E-state index contributed by atoms with van der Waals surface area (Å²) >= 11 is 0. The first kappa shape index (κ1) is 32.1. The third kappa shape index (κ3) is 7.87. The summed E-state index contributed by atoms with van der Waals surface area (Å²) in [5.41, 5.74) is 0.994. The van der Waals surface area contributed by atoms with Gasteiger partial charge in [0.25, 0.3) is 8.32 Å². The Balaban J connectivity index is 2.17. The van der Waals surface area contributed by atoms with Gasteiger partial charge in [0.1, 0.15) is 6.29 Å². The van der Waals surface area contributed by atoms with Crippen LogP contribution in [0.2, 0.25) is 5.04 Å². The number of carbonyl (C=O) groups excluding carboxylic acids is 1. The van der Waals surface area contributed by atoms with Gasteiger partial charge >= 0.3 is 0 Å². The largest absolute Gasteiger partial charge is 0.398 e. The van der Waals surface area contributed by atoms with Crippen molar-refractivity contribution in [3.05, 3.63) is 84.5 Å². The maximum Gasteiger partial charge on any atom is 0.262 e. The van der Waals surface area contributed by atoms with Crippen LogP contribution in [0.3, 0.4) is 0 Å². The van der Waals surface area contributed by atoms with E-state index < -0.39 is 14.4 Å². The van der Waals surface area contributed by atoms with Crippen LogP contribution in [0.1, 0.15) is 47.0 Å². The quantitative estimate of drug-likeness (QED) is 0.189. The molecule has 3 rings (SSSR count). The second-order valence-corrected chi connectivity index (χ2v) is 15.6. The summed E-state index contributed by atoms with van der Waals surface area (Å²) in [5, 5.41) is 2.20. The smallest absolute Gasteiger partial charge is 0.262 e. The van der Waals surface area contributed by atoms with Gasteiger partial charge in [0.2, 0.25) is 0 Å².